The lowest BCUT2D eigenvalue weighted by atomic mass is 9.95. The van der Waals surface area contributed by atoms with Gasteiger partial charge in [-0.25, -0.2) is 0 Å². The summed E-state index contributed by atoms with van der Waals surface area (Å²) in [6.07, 6.45) is 0. The smallest absolute Gasteiger partial charge is 0.231 e. The van der Waals surface area contributed by atoms with Crippen molar-refractivity contribution >= 4 is 23.2 Å². The molecule has 1 amide bonds. The van der Waals surface area contributed by atoms with Crippen LogP contribution >= 0.6 is 11.6 Å². The number of nitrogens with one attached hydrogen (secondary N) is 1. The molecule has 0 aliphatic heterocycles. The highest BCUT2D eigenvalue weighted by atomic mass is 35.5. The fourth-order valence-electron chi connectivity index (χ4n) is 1.30. The van der Waals surface area contributed by atoms with Gasteiger partial charge in [0.05, 0.1) is 17.7 Å². The Bertz CT molecular complexity index is 430. The van der Waals surface area contributed by atoms with Crippen molar-refractivity contribution in [2.45, 2.75) is 27.7 Å². The highest BCUT2D eigenvalue weighted by Crippen LogP contribution is 2.27. The molecule has 1 rings (SSSR count). The Balaban J connectivity index is 2.80. The fourth-order valence-corrected chi connectivity index (χ4v) is 1.43. The van der Waals surface area contributed by atoms with Gasteiger partial charge in [0.25, 0.3) is 0 Å². The van der Waals surface area contributed by atoms with E-state index in [2.05, 4.69) is 19.2 Å². The molecule has 0 aliphatic carbocycles. The Morgan fingerprint density at radius 2 is 2.00 bits per heavy atom. The summed E-state index contributed by atoms with van der Waals surface area (Å²) in [5, 5.41) is 2.88. The molecule has 0 unspecified atom stereocenters. The molecule has 3 nitrogen and oxygen atoms in total. The first kappa shape index (κ1) is 15.8. The van der Waals surface area contributed by atoms with Crippen molar-refractivity contribution in [3.05, 3.63) is 24.3 Å². The second-order valence-electron chi connectivity index (χ2n) is 5.67. The summed E-state index contributed by atoms with van der Waals surface area (Å²) in [5.41, 5.74) is 0.0820. The number of hydrogen-bond acceptors (Lipinski definition) is 2. The van der Waals surface area contributed by atoms with E-state index in [0.717, 1.165) is 0 Å². The van der Waals surface area contributed by atoms with Crippen molar-refractivity contribution in [2.75, 3.05) is 17.8 Å². The highest BCUT2D eigenvalue weighted by Gasteiger charge is 2.27. The van der Waals surface area contributed by atoms with E-state index in [4.69, 9.17) is 16.3 Å². The number of carbonyl (C=O) groups is 1. The minimum absolute atomic E-state index is 0.108. The molecular weight excluding hydrogens is 262 g/mol. The van der Waals surface area contributed by atoms with E-state index in [9.17, 15) is 4.79 Å². The summed E-state index contributed by atoms with van der Waals surface area (Å²) in [5.74, 6) is 1.29. The second kappa shape index (κ2) is 6.80. The van der Waals surface area contributed by atoms with Crippen molar-refractivity contribution < 1.29 is 9.53 Å². The molecule has 0 bridgehead atoms. The number of benzene rings is 1. The van der Waals surface area contributed by atoms with Crippen LogP contribution in [-0.2, 0) is 4.79 Å². The molecule has 1 N–H and O–H groups in total. The van der Waals surface area contributed by atoms with Gasteiger partial charge in [0.1, 0.15) is 5.75 Å². The molecule has 1 aromatic rings. The van der Waals surface area contributed by atoms with Gasteiger partial charge in [-0.15, -0.1) is 11.6 Å². The summed E-state index contributed by atoms with van der Waals surface area (Å²) in [6.45, 7) is 8.40. The van der Waals surface area contributed by atoms with Crippen molar-refractivity contribution in [3.63, 3.8) is 0 Å². The topological polar surface area (TPSA) is 38.3 Å². The van der Waals surface area contributed by atoms with Crippen LogP contribution in [0.5, 0.6) is 5.75 Å². The number of amides is 1. The molecule has 106 valence electrons. The zero-order chi connectivity index (χ0) is 14.5. The van der Waals surface area contributed by atoms with Crippen LogP contribution in [0.3, 0.4) is 0 Å². The summed E-state index contributed by atoms with van der Waals surface area (Å²) >= 11 is 5.80. The minimum Gasteiger partial charge on any atom is -0.491 e. The molecule has 0 atom stereocenters. The number of hydrogen-bond donors (Lipinski definition) is 1. The maximum Gasteiger partial charge on any atom is 0.231 e. The van der Waals surface area contributed by atoms with E-state index in [0.29, 0.717) is 24.0 Å². The first-order valence-electron chi connectivity index (χ1n) is 6.46. The van der Waals surface area contributed by atoms with E-state index in [1.54, 1.807) is 0 Å². The summed E-state index contributed by atoms with van der Waals surface area (Å²) in [7, 11) is 0. The number of anilines is 1. The summed E-state index contributed by atoms with van der Waals surface area (Å²) in [4.78, 5) is 12.1. The molecule has 0 aliphatic rings. The van der Waals surface area contributed by atoms with Crippen molar-refractivity contribution in [1.82, 2.24) is 0 Å². The number of halogens is 1. The molecule has 0 spiro atoms. The van der Waals surface area contributed by atoms with Crippen molar-refractivity contribution in [3.8, 4) is 5.75 Å². The first-order chi connectivity index (χ1) is 8.86. The highest BCUT2D eigenvalue weighted by molar-refractivity contribution is 6.20. The lowest BCUT2D eigenvalue weighted by Gasteiger charge is -2.21. The van der Waals surface area contributed by atoms with E-state index in [1.165, 1.54) is 0 Å². The van der Waals surface area contributed by atoms with E-state index < -0.39 is 5.41 Å². The van der Waals surface area contributed by atoms with Gasteiger partial charge < -0.3 is 10.1 Å². The van der Waals surface area contributed by atoms with Crippen LogP contribution in [0, 0.1) is 11.3 Å². The number of ether oxygens (including phenoxy) is 1. The largest absolute Gasteiger partial charge is 0.491 e. The molecule has 0 heterocycles. The molecule has 0 aromatic heterocycles. The molecule has 1 aromatic carbocycles. The monoisotopic (exact) mass is 283 g/mol. The van der Waals surface area contributed by atoms with Crippen LogP contribution < -0.4 is 10.1 Å². The van der Waals surface area contributed by atoms with Crippen LogP contribution in [0.1, 0.15) is 27.7 Å². The maximum atomic E-state index is 12.1. The third kappa shape index (κ3) is 4.75. The van der Waals surface area contributed by atoms with Gasteiger partial charge in [0.2, 0.25) is 5.91 Å². The summed E-state index contributed by atoms with van der Waals surface area (Å²) < 4.78 is 5.70. The fraction of sp³-hybridized carbons (Fsp3) is 0.533. The number of para-hydroxylation sites is 2. The zero-order valence-electron chi connectivity index (χ0n) is 12.0. The Kier molecular flexibility index (Phi) is 5.67. The Morgan fingerprint density at radius 1 is 1.37 bits per heavy atom. The molecule has 0 saturated carbocycles. The van der Waals surface area contributed by atoms with Gasteiger partial charge in [0.15, 0.2) is 0 Å². The lowest BCUT2D eigenvalue weighted by Crippen LogP contribution is -2.32. The van der Waals surface area contributed by atoms with Crippen LogP contribution in [0.2, 0.25) is 0 Å². The lowest BCUT2D eigenvalue weighted by molar-refractivity contribution is -0.122. The normalized spacial score (nSPS) is 11.5. The van der Waals surface area contributed by atoms with Gasteiger partial charge in [-0.05, 0) is 31.9 Å². The van der Waals surface area contributed by atoms with Crippen LogP contribution in [0.25, 0.3) is 0 Å². The van der Waals surface area contributed by atoms with Gasteiger partial charge in [-0.1, -0.05) is 26.0 Å². The van der Waals surface area contributed by atoms with E-state index >= 15 is 0 Å². The number of alkyl halides is 1. The van der Waals surface area contributed by atoms with Crippen molar-refractivity contribution in [1.29, 1.82) is 0 Å². The molecule has 0 radical (unpaired) electrons. The Labute approximate surface area is 120 Å². The van der Waals surface area contributed by atoms with E-state index in [-0.39, 0.29) is 11.8 Å². The van der Waals surface area contributed by atoms with Gasteiger partial charge in [-0.3, -0.25) is 4.79 Å². The molecular formula is C15H22ClNO2. The van der Waals surface area contributed by atoms with Gasteiger partial charge >= 0.3 is 0 Å². The van der Waals surface area contributed by atoms with E-state index in [1.807, 2.05) is 38.1 Å². The van der Waals surface area contributed by atoms with Crippen LogP contribution in [0.4, 0.5) is 5.69 Å². The minimum atomic E-state index is -0.604. The second-order valence-corrected chi connectivity index (χ2v) is 5.94. The van der Waals surface area contributed by atoms with Crippen LogP contribution in [0.15, 0.2) is 24.3 Å². The standard InChI is InChI=1S/C15H22ClNO2/c1-11(2)9-19-13-8-6-5-7-12(13)17-14(18)15(3,4)10-16/h5-8,11H,9-10H2,1-4H3,(H,17,18). The maximum absolute atomic E-state index is 12.1. The molecule has 19 heavy (non-hydrogen) atoms. The quantitative estimate of drug-likeness (QED) is 0.804. The van der Waals surface area contributed by atoms with Gasteiger partial charge in [-0.2, -0.15) is 0 Å². The number of carbonyl (C=O) groups excluding carboxylic acids is 1. The Hall–Kier alpha value is -1.22. The average molecular weight is 284 g/mol. The van der Waals surface area contributed by atoms with Crippen LogP contribution in [-0.4, -0.2) is 18.4 Å². The number of rotatable bonds is 6. The van der Waals surface area contributed by atoms with Gasteiger partial charge in [0, 0.05) is 5.88 Å². The van der Waals surface area contributed by atoms with Crippen molar-refractivity contribution in [2.24, 2.45) is 11.3 Å². The Morgan fingerprint density at radius 3 is 2.58 bits per heavy atom. The molecule has 0 fully saturated rings. The zero-order valence-corrected chi connectivity index (χ0v) is 12.8. The average Bonchev–Trinajstić information content (AvgIpc) is 2.37. The third-order valence-electron chi connectivity index (χ3n) is 2.66. The first-order valence-corrected chi connectivity index (χ1v) is 6.99. The SMILES string of the molecule is CC(C)COc1ccccc1NC(=O)C(C)(C)CCl. The predicted octanol–water partition coefficient (Wildman–Crippen LogP) is 3.92. The summed E-state index contributed by atoms with van der Waals surface area (Å²) in [6, 6.07) is 7.44. The molecule has 4 heteroatoms. The third-order valence-corrected chi connectivity index (χ3v) is 3.32. The molecule has 0 saturated heterocycles. The predicted molar refractivity (Wildman–Crippen MR) is 79.9 cm³/mol.